The topological polar surface area (TPSA) is 66.3 Å². The molecule has 1 aromatic heterocycles. The van der Waals surface area contributed by atoms with Gasteiger partial charge in [0.2, 0.25) is 5.91 Å². The van der Waals surface area contributed by atoms with Gasteiger partial charge in [-0.05, 0) is 25.5 Å². The van der Waals surface area contributed by atoms with Crippen molar-refractivity contribution in [2.75, 3.05) is 13.2 Å². The third-order valence-electron chi connectivity index (χ3n) is 4.88. The quantitative estimate of drug-likeness (QED) is 0.618. The average Bonchev–Trinajstić information content (AvgIpc) is 2.71. The van der Waals surface area contributed by atoms with E-state index in [1.165, 1.54) is 6.20 Å². The van der Waals surface area contributed by atoms with Gasteiger partial charge in [0.1, 0.15) is 17.5 Å². The minimum absolute atomic E-state index is 0.0389. The van der Waals surface area contributed by atoms with Crippen LogP contribution in [-0.4, -0.2) is 40.5 Å². The smallest absolute Gasteiger partial charge is 0.272 e. The number of aryl methyl sites for hydroxylation is 1. The molecule has 5 nitrogen and oxygen atoms in total. The summed E-state index contributed by atoms with van der Waals surface area (Å²) in [6.07, 6.45) is 2.42. The molecule has 3 rings (SSSR count). The lowest BCUT2D eigenvalue weighted by molar-refractivity contribution is -0.132. The Hall–Kier alpha value is -2.02. The third kappa shape index (κ3) is 2.90. The van der Waals surface area contributed by atoms with Gasteiger partial charge in [0.25, 0.3) is 6.43 Å². The first-order valence-electron chi connectivity index (χ1n) is 7.88. The lowest BCUT2D eigenvalue weighted by Crippen LogP contribution is -2.39. The zero-order valence-electron chi connectivity index (χ0n) is 13.8. The summed E-state index contributed by atoms with van der Waals surface area (Å²) in [5.74, 6) is -0.183. The number of ether oxygens (including phenoxy) is 1. The van der Waals surface area contributed by atoms with E-state index in [-0.39, 0.29) is 17.1 Å². The number of carbonyl (C=O) groups is 1. The van der Waals surface area contributed by atoms with Crippen molar-refractivity contribution in [3.63, 3.8) is 0 Å². The van der Waals surface area contributed by atoms with E-state index in [1.807, 2.05) is 6.92 Å². The van der Waals surface area contributed by atoms with Crippen molar-refractivity contribution < 1.29 is 18.3 Å². The number of hydrogen-bond acceptors (Lipinski definition) is 4. The molecule has 1 aliphatic carbocycles. The molecule has 1 N–H and O–H groups in total. The van der Waals surface area contributed by atoms with E-state index >= 15 is 0 Å². The van der Waals surface area contributed by atoms with Crippen molar-refractivity contribution in [1.82, 2.24) is 9.88 Å². The van der Waals surface area contributed by atoms with E-state index in [0.29, 0.717) is 23.6 Å². The largest absolute Gasteiger partial charge is 0.486 e. The molecule has 0 bridgehead atoms. The summed E-state index contributed by atoms with van der Waals surface area (Å²) in [5.41, 5.74) is 0.584. The van der Waals surface area contributed by atoms with Crippen LogP contribution < -0.4 is 4.74 Å². The SMILES string of the molecule is Cc1cc(C(C)N2C[C@@]3(C(=N)Cl)C=CC3C2=O)ncc1OCC(F)F. The fourth-order valence-corrected chi connectivity index (χ4v) is 3.52. The molecule has 2 unspecified atom stereocenters. The highest BCUT2D eigenvalue weighted by molar-refractivity contribution is 6.66. The summed E-state index contributed by atoms with van der Waals surface area (Å²) in [4.78, 5) is 18.5. The van der Waals surface area contributed by atoms with E-state index < -0.39 is 24.4 Å². The average molecular weight is 370 g/mol. The van der Waals surface area contributed by atoms with E-state index in [0.717, 1.165) is 0 Å². The fourth-order valence-electron chi connectivity index (χ4n) is 3.28. The highest BCUT2D eigenvalue weighted by atomic mass is 35.5. The van der Waals surface area contributed by atoms with Gasteiger partial charge in [-0.25, -0.2) is 8.78 Å². The second-order valence-electron chi connectivity index (χ2n) is 6.41. The Kier molecular flexibility index (Phi) is 4.53. The van der Waals surface area contributed by atoms with Crippen molar-refractivity contribution in [1.29, 1.82) is 5.41 Å². The molecule has 1 saturated heterocycles. The van der Waals surface area contributed by atoms with Gasteiger partial charge >= 0.3 is 0 Å². The van der Waals surface area contributed by atoms with Gasteiger partial charge in [-0.1, -0.05) is 23.8 Å². The number of alkyl halides is 2. The normalized spacial score (nSPS) is 25.8. The van der Waals surface area contributed by atoms with Crippen LogP contribution in [0.2, 0.25) is 0 Å². The number of halogens is 3. The first-order valence-corrected chi connectivity index (χ1v) is 8.26. The molecule has 3 atom stereocenters. The van der Waals surface area contributed by atoms with Crippen LogP contribution in [0.3, 0.4) is 0 Å². The number of nitrogens with zero attached hydrogens (tertiary/aromatic N) is 2. The molecule has 2 aliphatic rings. The molecule has 1 aromatic rings. The Balaban J connectivity index is 1.78. The molecule has 134 valence electrons. The van der Waals surface area contributed by atoms with Crippen LogP contribution >= 0.6 is 11.6 Å². The Labute approximate surface area is 149 Å². The van der Waals surface area contributed by atoms with Gasteiger partial charge in [-0.2, -0.15) is 0 Å². The number of pyridine rings is 1. The fraction of sp³-hybridized carbons (Fsp3) is 0.471. The van der Waals surface area contributed by atoms with Crippen LogP contribution in [0.1, 0.15) is 24.2 Å². The number of nitrogens with one attached hydrogen (secondary N) is 1. The molecule has 0 aromatic carbocycles. The number of likely N-dealkylation sites (tertiary alicyclic amines) is 1. The number of hydrogen-bond donors (Lipinski definition) is 1. The number of carbonyl (C=O) groups excluding carboxylic acids is 1. The van der Waals surface area contributed by atoms with Crippen LogP contribution in [0.25, 0.3) is 0 Å². The zero-order chi connectivity index (χ0) is 18.4. The van der Waals surface area contributed by atoms with Gasteiger partial charge in [-0.3, -0.25) is 15.2 Å². The van der Waals surface area contributed by atoms with E-state index in [9.17, 15) is 13.6 Å². The number of rotatable bonds is 6. The molecular formula is C17H18ClF2N3O2. The predicted octanol–water partition coefficient (Wildman–Crippen LogP) is 3.33. The highest BCUT2D eigenvalue weighted by Crippen LogP contribution is 2.50. The summed E-state index contributed by atoms with van der Waals surface area (Å²) in [5, 5.41) is 7.74. The summed E-state index contributed by atoms with van der Waals surface area (Å²) in [6.45, 7) is 3.23. The van der Waals surface area contributed by atoms with Gasteiger partial charge in [0.05, 0.1) is 29.3 Å². The summed E-state index contributed by atoms with van der Waals surface area (Å²) >= 11 is 5.92. The second-order valence-corrected chi connectivity index (χ2v) is 6.79. The van der Waals surface area contributed by atoms with Crippen molar-refractivity contribution >= 4 is 22.7 Å². The van der Waals surface area contributed by atoms with Crippen molar-refractivity contribution in [3.05, 3.63) is 35.7 Å². The first-order chi connectivity index (χ1) is 11.8. The van der Waals surface area contributed by atoms with Crippen LogP contribution in [0, 0.1) is 23.7 Å². The lowest BCUT2D eigenvalue weighted by Gasteiger charge is -2.33. The zero-order valence-corrected chi connectivity index (χ0v) is 14.6. The summed E-state index contributed by atoms with van der Waals surface area (Å²) in [6, 6.07) is 1.40. The molecular weight excluding hydrogens is 352 g/mol. The monoisotopic (exact) mass is 369 g/mol. The minimum Gasteiger partial charge on any atom is -0.486 e. The van der Waals surface area contributed by atoms with Gasteiger partial charge in [-0.15, -0.1) is 0 Å². The first kappa shape index (κ1) is 17.8. The maximum Gasteiger partial charge on any atom is 0.272 e. The van der Waals surface area contributed by atoms with E-state index in [1.54, 1.807) is 30.0 Å². The van der Waals surface area contributed by atoms with Crippen molar-refractivity contribution in [2.45, 2.75) is 26.3 Å². The van der Waals surface area contributed by atoms with Crippen LogP contribution in [-0.2, 0) is 4.79 Å². The second kappa shape index (κ2) is 6.37. The Morgan fingerprint density at radius 2 is 2.32 bits per heavy atom. The van der Waals surface area contributed by atoms with Crippen molar-refractivity contribution in [3.8, 4) is 5.75 Å². The van der Waals surface area contributed by atoms with E-state index in [2.05, 4.69) is 4.98 Å². The Bertz CT molecular complexity index is 755. The molecule has 1 fully saturated rings. The standard InChI is InChI=1S/C17H18ClF2N3O2/c1-9-5-12(22-6-13(9)25-7-14(19)20)10(2)23-8-17(16(18)21)4-3-11(17)15(23)24/h3-6,10-11,14,21H,7-8H2,1-2H3/t10?,11?,17-/m0/s1. The van der Waals surface area contributed by atoms with Crippen LogP contribution in [0.15, 0.2) is 24.4 Å². The number of aromatic nitrogens is 1. The maximum absolute atomic E-state index is 12.6. The lowest BCUT2D eigenvalue weighted by atomic mass is 9.70. The third-order valence-corrected chi connectivity index (χ3v) is 5.23. The molecule has 0 radical (unpaired) electrons. The van der Waals surface area contributed by atoms with Gasteiger partial charge in [0, 0.05) is 6.54 Å². The molecule has 8 heteroatoms. The Morgan fingerprint density at radius 3 is 2.80 bits per heavy atom. The molecule has 1 amide bonds. The van der Waals surface area contributed by atoms with E-state index in [4.69, 9.17) is 21.7 Å². The molecule has 0 saturated carbocycles. The van der Waals surface area contributed by atoms with Crippen LogP contribution in [0.5, 0.6) is 5.75 Å². The number of amides is 1. The Morgan fingerprint density at radius 1 is 1.60 bits per heavy atom. The van der Waals surface area contributed by atoms with Crippen LogP contribution in [0.4, 0.5) is 8.78 Å². The number of fused-ring (bicyclic) bond motifs is 1. The summed E-state index contributed by atoms with van der Waals surface area (Å²) < 4.78 is 29.6. The van der Waals surface area contributed by atoms with Gasteiger partial charge in [0.15, 0.2) is 0 Å². The predicted molar refractivity (Wildman–Crippen MR) is 89.2 cm³/mol. The van der Waals surface area contributed by atoms with Crippen molar-refractivity contribution in [2.24, 2.45) is 11.3 Å². The highest BCUT2D eigenvalue weighted by Gasteiger charge is 2.57. The summed E-state index contributed by atoms with van der Waals surface area (Å²) in [7, 11) is 0. The molecule has 25 heavy (non-hydrogen) atoms. The molecule has 2 heterocycles. The molecule has 1 aliphatic heterocycles. The molecule has 0 spiro atoms. The van der Waals surface area contributed by atoms with Gasteiger partial charge < -0.3 is 9.64 Å². The minimum atomic E-state index is -2.55. The maximum atomic E-state index is 12.6.